The first-order chi connectivity index (χ1) is 6.86. The second-order valence-corrected chi connectivity index (χ2v) is 3.08. The number of hydrogen-bond acceptors (Lipinski definition) is 2. The number of carbonyl (C=O) groups is 1. The van der Waals surface area contributed by atoms with E-state index in [-0.39, 0.29) is 6.09 Å². The monoisotopic (exact) mass is 189 g/mol. The van der Waals surface area contributed by atoms with E-state index in [0.29, 0.717) is 13.2 Å². The zero-order valence-corrected chi connectivity index (χ0v) is 7.72. The van der Waals surface area contributed by atoms with Crippen LogP contribution in [0.15, 0.2) is 42.6 Å². The molecule has 0 saturated carbocycles. The average Bonchev–Trinajstić information content (AvgIpc) is 2.14. The maximum Gasteiger partial charge on any atom is 0.414 e. The summed E-state index contributed by atoms with van der Waals surface area (Å²) in [5.41, 5.74) is 1.00. The van der Waals surface area contributed by atoms with E-state index in [1.165, 1.54) is 4.90 Å². The van der Waals surface area contributed by atoms with Crippen LogP contribution in [0.5, 0.6) is 0 Å². The summed E-state index contributed by atoms with van der Waals surface area (Å²) in [5.74, 6) is 0. The van der Waals surface area contributed by atoms with Crippen molar-refractivity contribution < 1.29 is 9.53 Å². The number of hydrogen-bond donors (Lipinski definition) is 0. The second kappa shape index (κ2) is 3.96. The Morgan fingerprint density at radius 1 is 1.36 bits per heavy atom. The van der Waals surface area contributed by atoms with Crippen molar-refractivity contribution in [2.45, 2.75) is 6.61 Å². The maximum atomic E-state index is 11.3. The predicted molar refractivity (Wildman–Crippen MR) is 52.5 cm³/mol. The van der Waals surface area contributed by atoms with E-state index in [4.69, 9.17) is 4.74 Å². The van der Waals surface area contributed by atoms with Crippen molar-refractivity contribution in [3.05, 3.63) is 48.2 Å². The molecule has 0 unspecified atom stereocenters. The molecule has 72 valence electrons. The van der Waals surface area contributed by atoms with Crippen LogP contribution in [0.1, 0.15) is 5.56 Å². The van der Waals surface area contributed by atoms with Crippen LogP contribution in [0.25, 0.3) is 0 Å². The zero-order valence-electron chi connectivity index (χ0n) is 7.72. The summed E-state index contributed by atoms with van der Waals surface area (Å²) in [4.78, 5) is 12.8. The molecule has 3 heteroatoms. The van der Waals surface area contributed by atoms with Gasteiger partial charge in [-0.05, 0) is 11.6 Å². The Hall–Kier alpha value is -1.77. The summed E-state index contributed by atoms with van der Waals surface area (Å²) in [6.45, 7) is 0.998. The standard InChI is InChI=1S/C11H11NO2/c13-11(12-7-4-8-12)14-9-10-5-2-1-3-6-10/h1-7H,8-9H2. The van der Waals surface area contributed by atoms with Crippen molar-refractivity contribution in [1.29, 1.82) is 0 Å². The van der Waals surface area contributed by atoms with E-state index in [1.807, 2.05) is 36.4 Å². The Kier molecular flexibility index (Phi) is 2.49. The van der Waals surface area contributed by atoms with Gasteiger partial charge in [-0.25, -0.2) is 4.79 Å². The van der Waals surface area contributed by atoms with Gasteiger partial charge >= 0.3 is 6.09 Å². The first-order valence-electron chi connectivity index (χ1n) is 4.50. The molecule has 1 heterocycles. The lowest BCUT2D eigenvalue weighted by Gasteiger charge is -2.21. The molecule has 0 N–H and O–H groups in total. The number of benzene rings is 1. The van der Waals surface area contributed by atoms with Crippen LogP contribution < -0.4 is 0 Å². The van der Waals surface area contributed by atoms with Crippen LogP contribution in [0, 0.1) is 0 Å². The fourth-order valence-electron chi connectivity index (χ4n) is 1.15. The third-order valence-electron chi connectivity index (χ3n) is 2.03. The van der Waals surface area contributed by atoms with Gasteiger partial charge in [0.05, 0.1) is 0 Å². The molecule has 0 radical (unpaired) electrons. The second-order valence-electron chi connectivity index (χ2n) is 3.08. The predicted octanol–water partition coefficient (Wildman–Crippen LogP) is 2.15. The van der Waals surface area contributed by atoms with Gasteiger partial charge in [-0.2, -0.15) is 0 Å². The third-order valence-corrected chi connectivity index (χ3v) is 2.03. The molecule has 14 heavy (non-hydrogen) atoms. The van der Waals surface area contributed by atoms with E-state index in [1.54, 1.807) is 6.20 Å². The van der Waals surface area contributed by atoms with Crippen LogP contribution in [-0.4, -0.2) is 17.5 Å². The first-order valence-corrected chi connectivity index (χ1v) is 4.50. The fraction of sp³-hybridized carbons (Fsp3) is 0.182. The topological polar surface area (TPSA) is 29.5 Å². The number of nitrogens with zero attached hydrogens (tertiary/aromatic N) is 1. The highest BCUT2D eigenvalue weighted by Crippen LogP contribution is 2.07. The first kappa shape index (κ1) is 8.81. The Morgan fingerprint density at radius 2 is 2.07 bits per heavy atom. The van der Waals surface area contributed by atoms with Crippen LogP contribution in [-0.2, 0) is 11.3 Å². The molecule has 3 nitrogen and oxygen atoms in total. The Morgan fingerprint density at radius 3 is 2.64 bits per heavy atom. The number of rotatable bonds is 2. The molecule has 0 aliphatic carbocycles. The normalized spacial score (nSPS) is 13.6. The molecule has 0 fully saturated rings. The van der Waals surface area contributed by atoms with Gasteiger partial charge in [0.15, 0.2) is 0 Å². The lowest BCUT2D eigenvalue weighted by Crippen LogP contribution is -2.31. The number of carbonyl (C=O) groups excluding carboxylic acids is 1. The van der Waals surface area contributed by atoms with Crippen molar-refractivity contribution >= 4 is 6.09 Å². The van der Waals surface area contributed by atoms with Gasteiger partial charge in [0.1, 0.15) is 6.61 Å². The number of amides is 1. The summed E-state index contributed by atoms with van der Waals surface area (Å²) in [6, 6.07) is 9.64. The zero-order chi connectivity index (χ0) is 9.80. The molecule has 0 aromatic heterocycles. The van der Waals surface area contributed by atoms with Crippen LogP contribution in [0.2, 0.25) is 0 Å². The van der Waals surface area contributed by atoms with E-state index in [9.17, 15) is 4.79 Å². The van der Waals surface area contributed by atoms with Gasteiger partial charge < -0.3 is 4.74 Å². The molecule has 1 aliphatic heterocycles. The van der Waals surface area contributed by atoms with Gasteiger partial charge in [-0.3, -0.25) is 4.90 Å². The summed E-state index contributed by atoms with van der Waals surface area (Å²) in [6.07, 6.45) is 3.34. The van der Waals surface area contributed by atoms with Crippen molar-refractivity contribution in [3.8, 4) is 0 Å². The van der Waals surface area contributed by atoms with Crippen molar-refractivity contribution in [1.82, 2.24) is 4.90 Å². The Labute approximate surface area is 82.6 Å². The summed E-state index contributed by atoms with van der Waals surface area (Å²) in [7, 11) is 0. The van der Waals surface area contributed by atoms with Crippen molar-refractivity contribution in [2.75, 3.05) is 6.54 Å². The molecule has 0 bridgehead atoms. The molecule has 1 aromatic carbocycles. The highest BCUT2D eigenvalue weighted by Gasteiger charge is 2.15. The van der Waals surface area contributed by atoms with E-state index in [0.717, 1.165) is 5.56 Å². The summed E-state index contributed by atoms with van der Waals surface area (Å²) < 4.78 is 5.07. The molecule has 0 spiro atoms. The number of ether oxygens (including phenoxy) is 1. The minimum atomic E-state index is -0.281. The molecule has 1 aliphatic rings. The van der Waals surface area contributed by atoms with Gasteiger partial charge in [-0.1, -0.05) is 30.3 Å². The van der Waals surface area contributed by atoms with Gasteiger partial charge in [-0.15, -0.1) is 0 Å². The van der Waals surface area contributed by atoms with Crippen molar-refractivity contribution in [3.63, 3.8) is 0 Å². The van der Waals surface area contributed by atoms with Gasteiger partial charge in [0, 0.05) is 12.7 Å². The summed E-state index contributed by atoms with van der Waals surface area (Å²) in [5, 5.41) is 0. The lowest BCUT2D eigenvalue weighted by molar-refractivity contribution is 0.109. The Bertz CT molecular complexity index is 346. The van der Waals surface area contributed by atoms with E-state index in [2.05, 4.69) is 0 Å². The molecular formula is C11H11NO2. The SMILES string of the molecule is O=C(OCc1ccccc1)N1C=CC1. The fourth-order valence-corrected chi connectivity index (χ4v) is 1.15. The van der Waals surface area contributed by atoms with Gasteiger partial charge in [0.2, 0.25) is 0 Å². The molecule has 0 atom stereocenters. The highest BCUT2D eigenvalue weighted by molar-refractivity contribution is 5.70. The highest BCUT2D eigenvalue weighted by atomic mass is 16.6. The molecule has 0 saturated heterocycles. The summed E-state index contributed by atoms with van der Waals surface area (Å²) >= 11 is 0. The van der Waals surface area contributed by atoms with Crippen LogP contribution in [0.4, 0.5) is 4.79 Å². The lowest BCUT2D eigenvalue weighted by atomic mass is 10.2. The molecule has 1 aromatic rings. The maximum absolute atomic E-state index is 11.3. The van der Waals surface area contributed by atoms with Crippen molar-refractivity contribution in [2.24, 2.45) is 0 Å². The quantitative estimate of drug-likeness (QED) is 0.713. The van der Waals surface area contributed by atoms with Crippen LogP contribution >= 0.6 is 0 Å². The molecule has 1 amide bonds. The average molecular weight is 189 g/mol. The molecular weight excluding hydrogens is 178 g/mol. The smallest absolute Gasteiger partial charge is 0.414 e. The van der Waals surface area contributed by atoms with Crippen LogP contribution in [0.3, 0.4) is 0 Å². The minimum Gasteiger partial charge on any atom is -0.444 e. The van der Waals surface area contributed by atoms with E-state index < -0.39 is 0 Å². The van der Waals surface area contributed by atoms with E-state index >= 15 is 0 Å². The Balaban J connectivity index is 1.82. The minimum absolute atomic E-state index is 0.281. The molecule has 2 rings (SSSR count). The largest absolute Gasteiger partial charge is 0.444 e. The third kappa shape index (κ3) is 1.93. The van der Waals surface area contributed by atoms with Gasteiger partial charge in [0.25, 0.3) is 0 Å².